The van der Waals surface area contributed by atoms with Crippen molar-refractivity contribution in [1.29, 1.82) is 0 Å². The minimum Gasteiger partial charge on any atom is -0.496 e. The van der Waals surface area contributed by atoms with Crippen molar-refractivity contribution in [2.24, 2.45) is 0 Å². The number of carbonyl (C=O) groups is 2. The van der Waals surface area contributed by atoms with Gasteiger partial charge in [0.2, 0.25) is 17.6 Å². The first-order valence-corrected chi connectivity index (χ1v) is 9.22. The number of hydrogen-bond donors (Lipinski definition) is 2. The van der Waals surface area contributed by atoms with Crippen molar-refractivity contribution in [1.82, 2.24) is 20.4 Å². The van der Waals surface area contributed by atoms with Crippen LogP contribution in [0.4, 0.5) is 0 Å². The number of ether oxygens (including phenoxy) is 1. The summed E-state index contributed by atoms with van der Waals surface area (Å²) in [7, 11) is 1.56. The van der Waals surface area contributed by atoms with E-state index in [1.165, 1.54) is 4.90 Å². The predicted molar refractivity (Wildman–Crippen MR) is 99.3 cm³/mol. The summed E-state index contributed by atoms with van der Waals surface area (Å²) in [5.41, 5.74) is 0.683. The molecule has 2 heterocycles. The van der Waals surface area contributed by atoms with E-state index in [4.69, 9.17) is 9.26 Å². The van der Waals surface area contributed by atoms with Crippen LogP contribution in [0.3, 0.4) is 0 Å². The highest BCUT2D eigenvalue weighted by Gasteiger charge is 2.27. The van der Waals surface area contributed by atoms with E-state index < -0.39 is 18.1 Å². The highest BCUT2D eigenvalue weighted by Crippen LogP contribution is 2.27. The van der Waals surface area contributed by atoms with Crippen LogP contribution in [0.2, 0.25) is 0 Å². The number of rotatable bonds is 6. The predicted octanol–water partition coefficient (Wildman–Crippen LogP) is 1.30. The molecular weight excluding hydrogens is 364 g/mol. The minimum absolute atomic E-state index is 0.117. The number of benzene rings is 1. The first kappa shape index (κ1) is 19.8. The summed E-state index contributed by atoms with van der Waals surface area (Å²) in [6.07, 6.45) is 0.917. The molecule has 1 aliphatic rings. The lowest BCUT2D eigenvalue weighted by Crippen LogP contribution is -2.44. The highest BCUT2D eigenvalue weighted by atomic mass is 16.5. The molecule has 2 N–H and O–H groups in total. The second-order valence-corrected chi connectivity index (χ2v) is 6.72. The van der Waals surface area contributed by atoms with E-state index in [0.717, 1.165) is 12.8 Å². The Bertz CT molecular complexity index is 837. The van der Waals surface area contributed by atoms with Crippen molar-refractivity contribution in [2.45, 2.75) is 38.3 Å². The molecule has 0 aliphatic carbocycles. The van der Waals surface area contributed by atoms with Crippen molar-refractivity contribution in [2.75, 3.05) is 20.2 Å². The van der Waals surface area contributed by atoms with Gasteiger partial charge in [-0.05, 0) is 38.3 Å². The molecule has 1 aliphatic heterocycles. The van der Waals surface area contributed by atoms with Gasteiger partial charge in [0.25, 0.3) is 5.91 Å². The molecule has 0 radical (unpaired) electrons. The molecule has 2 unspecified atom stereocenters. The van der Waals surface area contributed by atoms with Crippen LogP contribution >= 0.6 is 0 Å². The van der Waals surface area contributed by atoms with Gasteiger partial charge in [-0.25, -0.2) is 0 Å². The number of nitrogens with one attached hydrogen (secondary N) is 1. The average Bonchev–Trinajstić information content (AvgIpc) is 3.14. The lowest BCUT2D eigenvalue weighted by molar-refractivity contribution is -0.142. The molecule has 0 bridgehead atoms. The number of aliphatic hydroxyl groups is 1. The fraction of sp³-hybridized carbons (Fsp3) is 0.474. The van der Waals surface area contributed by atoms with Gasteiger partial charge in [0.1, 0.15) is 17.9 Å². The van der Waals surface area contributed by atoms with E-state index in [1.54, 1.807) is 20.1 Å². The molecule has 2 amide bonds. The number of hydrogen-bond acceptors (Lipinski definition) is 7. The normalized spacial score (nSPS) is 18.5. The Morgan fingerprint density at radius 1 is 1.43 bits per heavy atom. The molecule has 2 atom stereocenters. The molecule has 9 heteroatoms. The third-order valence-electron chi connectivity index (χ3n) is 4.62. The summed E-state index contributed by atoms with van der Waals surface area (Å²) in [6, 6.07) is 6.75. The maximum Gasteiger partial charge on any atom is 0.251 e. The monoisotopic (exact) mass is 388 g/mol. The second kappa shape index (κ2) is 8.83. The lowest BCUT2D eigenvalue weighted by Gasteiger charge is -2.22. The maximum atomic E-state index is 12.3. The number of amides is 2. The van der Waals surface area contributed by atoms with Gasteiger partial charge in [0, 0.05) is 6.54 Å². The van der Waals surface area contributed by atoms with Crippen LogP contribution in [0.15, 0.2) is 28.8 Å². The zero-order valence-electron chi connectivity index (χ0n) is 15.9. The van der Waals surface area contributed by atoms with Crippen LogP contribution < -0.4 is 10.1 Å². The lowest BCUT2D eigenvalue weighted by atomic mass is 10.2. The summed E-state index contributed by atoms with van der Waals surface area (Å²) in [5, 5.41) is 16.5. The van der Waals surface area contributed by atoms with Gasteiger partial charge in [-0.15, -0.1) is 0 Å². The largest absolute Gasteiger partial charge is 0.496 e. The Labute approximate surface area is 162 Å². The van der Waals surface area contributed by atoms with E-state index in [2.05, 4.69) is 15.5 Å². The third-order valence-corrected chi connectivity index (χ3v) is 4.62. The molecule has 3 rings (SSSR count). The first-order valence-electron chi connectivity index (χ1n) is 9.22. The maximum absolute atomic E-state index is 12.3. The topological polar surface area (TPSA) is 118 Å². The molecule has 150 valence electrons. The van der Waals surface area contributed by atoms with Crippen molar-refractivity contribution in [3.8, 4) is 17.1 Å². The van der Waals surface area contributed by atoms with Crippen LogP contribution in [-0.2, 0) is 9.59 Å². The standard InChI is InChI=1S/C19H24N4O5/c1-12(20-16(25)11-23-10-6-5-8-14(24)19(23)26)18-21-17(22-28-18)13-7-3-4-9-15(13)27-2/h3-4,7,9,12,14,24H,5-6,8,10-11H2,1-2H3,(H,20,25). The Kier molecular flexibility index (Phi) is 6.25. The summed E-state index contributed by atoms with van der Waals surface area (Å²) >= 11 is 0. The minimum atomic E-state index is -1.04. The van der Waals surface area contributed by atoms with Crippen molar-refractivity contribution in [3.63, 3.8) is 0 Å². The smallest absolute Gasteiger partial charge is 0.251 e. The van der Waals surface area contributed by atoms with E-state index in [9.17, 15) is 14.7 Å². The molecule has 1 aromatic heterocycles. The first-order chi connectivity index (χ1) is 13.5. The number of para-hydroxylation sites is 1. The Morgan fingerprint density at radius 3 is 3.00 bits per heavy atom. The zero-order chi connectivity index (χ0) is 20.1. The average molecular weight is 388 g/mol. The molecule has 0 spiro atoms. The second-order valence-electron chi connectivity index (χ2n) is 6.72. The Morgan fingerprint density at radius 2 is 2.21 bits per heavy atom. The van der Waals surface area contributed by atoms with Gasteiger partial charge < -0.3 is 24.6 Å². The quantitative estimate of drug-likeness (QED) is 0.766. The van der Waals surface area contributed by atoms with Crippen LogP contribution in [0.5, 0.6) is 5.75 Å². The summed E-state index contributed by atoms with van der Waals surface area (Å²) in [4.78, 5) is 30.2. The molecule has 0 saturated carbocycles. The van der Waals surface area contributed by atoms with Gasteiger partial charge in [-0.2, -0.15) is 4.98 Å². The fourth-order valence-electron chi connectivity index (χ4n) is 3.11. The fourth-order valence-corrected chi connectivity index (χ4v) is 3.11. The van der Waals surface area contributed by atoms with Gasteiger partial charge >= 0.3 is 0 Å². The molecule has 9 nitrogen and oxygen atoms in total. The molecule has 1 aromatic carbocycles. The number of likely N-dealkylation sites (tertiary alicyclic amines) is 1. The summed E-state index contributed by atoms with van der Waals surface area (Å²) in [6.45, 7) is 2.06. The summed E-state index contributed by atoms with van der Waals surface area (Å²) in [5.74, 6) is 0.462. The summed E-state index contributed by atoms with van der Waals surface area (Å²) < 4.78 is 10.6. The van der Waals surface area contributed by atoms with Gasteiger partial charge in [0.05, 0.1) is 19.2 Å². The number of carbonyl (C=O) groups excluding carboxylic acids is 2. The van der Waals surface area contributed by atoms with Crippen LogP contribution in [0.25, 0.3) is 11.4 Å². The van der Waals surface area contributed by atoms with E-state index in [0.29, 0.717) is 30.1 Å². The third kappa shape index (κ3) is 4.48. The number of methoxy groups -OCH3 is 1. The van der Waals surface area contributed by atoms with Crippen molar-refractivity contribution >= 4 is 11.8 Å². The van der Waals surface area contributed by atoms with Crippen LogP contribution in [0.1, 0.15) is 38.1 Å². The van der Waals surface area contributed by atoms with Crippen LogP contribution in [-0.4, -0.2) is 58.3 Å². The number of nitrogens with zero attached hydrogens (tertiary/aromatic N) is 3. The highest BCUT2D eigenvalue weighted by molar-refractivity contribution is 5.87. The number of aromatic nitrogens is 2. The van der Waals surface area contributed by atoms with Crippen molar-refractivity contribution in [3.05, 3.63) is 30.2 Å². The van der Waals surface area contributed by atoms with E-state index in [-0.39, 0.29) is 18.3 Å². The van der Waals surface area contributed by atoms with Gasteiger partial charge in [-0.3, -0.25) is 9.59 Å². The SMILES string of the molecule is COc1ccccc1-c1noc(C(C)NC(=O)CN2CCCCC(O)C2=O)n1. The molecule has 2 aromatic rings. The molecular formula is C19H24N4O5. The molecule has 28 heavy (non-hydrogen) atoms. The molecule has 1 saturated heterocycles. The zero-order valence-corrected chi connectivity index (χ0v) is 15.9. The Balaban J connectivity index is 1.63. The van der Waals surface area contributed by atoms with Crippen LogP contribution in [0, 0.1) is 0 Å². The Hall–Kier alpha value is -2.94. The van der Waals surface area contributed by atoms with E-state index >= 15 is 0 Å². The molecule has 1 fully saturated rings. The van der Waals surface area contributed by atoms with Gasteiger partial charge in [-0.1, -0.05) is 17.3 Å². The van der Waals surface area contributed by atoms with E-state index in [1.807, 2.05) is 18.2 Å². The van der Waals surface area contributed by atoms with Crippen molar-refractivity contribution < 1.29 is 24.0 Å². The van der Waals surface area contributed by atoms with Gasteiger partial charge in [0.15, 0.2) is 0 Å². The number of aliphatic hydroxyl groups excluding tert-OH is 1.